The van der Waals surface area contributed by atoms with Crippen molar-refractivity contribution < 1.29 is 22.4 Å². The van der Waals surface area contributed by atoms with Crippen molar-refractivity contribution in [2.45, 2.75) is 11.4 Å². The van der Waals surface area contributed by atoms with Crippen LogP contribution in [0.3, 0.4) is 0 Å². The molecule has 8 nitrogen and oxygen atoms in total. The lowest BCUT2D eigenvalue weighted by Crippen LogP contribution is -2.39. The number of amides is 1. The van der Waals surface area contributed by atoms with Gasteiger partial charge < -0.3 is 9.15 Å². The molecule has 0 aliphatic carbocycles. The average molecular weight is 427 g/mol. The number of para-hydroxylation sites is 1. The summed E-state index contributed by atoms with van der Waals surface area (Å²) in [6.07, 6.45) is 2.87. The first-order valence-electron chi connectivity index (χ1n) is 9.03. The van der Waals surface area contributed by atoms with E-state index in [0.717, 1.165) is 4.31 Å². The maximum Gasteiger partial charge on any atom is 0.255 e. The van der Waals surface area contributed by atoms with Gasteiger partial charge in [-0.15, -0.1) is 0 Å². The van der Waals surface area contributed by atoms with E-state index in [9.17, 15) is 13.2 Å². The minimum atomic E-state index is -3.92. The summed E-state index contributed by atoms with van der Waals surface area (Å²) in [5.41, 5.74) is 3.03. The Hall–Kier alpha value is -3.43. The van der Waals surface area contributed by atoms with Gasteiger partial charge in [-0.05, 0) is 36.4 Å². The number of ether oxygens (including phenoxy) is 1. The lowest BCUT2D eigenvalue weighted by atomic mass is 10.2. The Morgan fingerprint density at radius 1 is 1.10 bits per heavy atom. The molecule has 0 unspecified atom stereocenters. The summed E-state index contributed by atoms with van der Waals surface area (Å²) in [5.74, 6) is 0.425. The second kappa shape index (κ2) is 9.86. The molecular formula is C21H21N3O5S. The van der Waals surface area contributed by atoms with Crippen molar-refractivity contribution in [1.29, 1.82) is 0 Å². The molecule has 0 saturated heterocycles. The fourth-order valence-corrected chi connectivity index (χ4v) is 4.07. The van der Waals surface area contributed by atoms with Gasteiger partial charge in [0, 0.05) is 5.56 Å². The number of benzene rings is 2. The van der Waals surface area contributed by atoms with Gasteiger partial charge in [-0.25, -0.2) is 13.8 Å². The Bertz CT molecular complexity index is 1100. The molecule has 30 heavy (non-hydrogen) atoms. The van der Waals surface area contributed by atoms with Gasteiger partial charge in [0.05, 0.1) is 37.6 Å². The lowest BCUT2D eigenvalue weighted by molar-refractivity contribution is -0.121. The van der Waals surface area contributed by atoms with Crippen molar-refractivity contribution in [3.63, 3.8) is 0 Å². The molecule has 0 atom stereocenters. The van der Waals surface area contributed by atoms with E-state index < -0.39 is 22.5 Å². The molecule has 1 heterocycles. The van der Waals surface area contributed by atoms with Crippen LogP contribution in [0.25, 0.3) is 0 Å². The average Bonchev–Trinajstić information content (AvgIpc) is 3.27. The zero-order valence-electron chi connectivity index (χ0n) is 16.3. The first-order valence-corrected chi connectivity index (χ1v) is 10.5. The predicted molar refractivity (Wildman–Crippen MR) is 111 cm³/mol. The Morgan fingerprint density at radius 3 is 2.53 bits per heavy atom. The van der Waals surface area contributed by atoms with Crippen molar-refractivity contribution in [3.8, 4) is 5.75 Å². The third-order valence-corrected chi connectivity index (χ3v) is 5.95. The van der Waals surface area contributed by atoms with Crippen LogP contribution in [0, 0.1) is 0 Å². The van der Waals surface area contributed by atoms with Crippen LogP contribution in [0.2, 0.25) is 0 Å². The highest BCUT2D eigenvalue weighted by Gasteiger charge is 2.27. The topological polar surface area (TPSA) is 101 Å². The van der Waals surface area contributed by atoms with E-state index >= 15 is 0 Å². The van der Waals surface area contributed by atoms with E-state index in [4.69, 9.17) is 9.15 Å². The molecule has 0 fully saturated rings. The second-order valence-electron chi connectivity index (χ2n) is 6.20. The molecule has 1 amide bonds. The number of nitrogens with zero attached hydrogens (tertiary/aromatic N) is 2. The molecule has 9 heteroatoms. The van der Waals surface area contributed by atoms with Crippen molar-refractivity contribution in [1.82, 2.24) is 9.73 Å². The van der Waals surface area contributed by atoms with Gasteiger partial charge >= 0.3 is 0 Å². The van der Waals surface area contributed by atoms with Crippen LogP contribution < -0.4 is 10.2 Å². The molecule has 0 aliphatic rings. The van der Waals surface area contributed by atoms with Crippen molar-refractivity contribution in [2.75, 3.05) is 13.7 Å². The summed E-state index contributed by atoms with van der Waals surface area (Å²) in [6.45, 7) is -0.519. The summed E-state index contributed by atoms with van der Waals surface area (Å²) in [4.78, 5) is 12.5. The van der Waals surface area contributed by atoms with Gasteiger partial charge in [0.25, 0.3) is 5.91 Å². The maximum atomic E-state index is 13.0. The first kappa shape index (κ1) is 21.3. The first-order chi connectivity index (χ1) is 14.5. The van der Waals surface area contributed by atoms with Crippen LogP contribution in [0.5, 0.6) is 5.75 Å². The number of hydrogen-bond acceptors (Lipinski definition) is 6. The molecule has 2 aromatic carbocycles. The van der Waals surface area contributed by atoms with Crippen LogP contribution in [0.15, 0.2) is 87.4 Å². The van der Waals surface area contributed by atoms with E-state index in [1.54, 1.807) is 42.5 Å². The van der Waals surface area contributed by atoms with Gasteiger partial charge in [-0.3, -0.25) is 4.79 Å². The van der Waals surface area contributed by atoms with Crippen molar-refractivity contribution in [2.24, 2.45) is 5.10 Å². The van der Waals surface area contributed by atoms with Crippen LogP contribution >= 0.6 is 0 Å². The lowest BCUT2D eigenvalue weighted by Gasteiger charge is -2.20. The highest BCUT2D eigenvalue weighted by molar-refractivity contribution is 7.89. The van der Waals surface area contributed by atoms with E-state index in [2.05, 4.69) is 10.5 Å². The van der Waals surface area contributed by atoms with Gasteiger partial charge in [0.2, 0.25) is 10.0 Å². The number of hydrogen-bond donors (Lipinski definition) is 1. The number of hydrazone groups is 1. The van der Waals surface area contributed by atoms with E-state index in [0.29, 0.717) is 17.1 Å². The van der Waals surface area contributed by atoms with Gasteiger partial charge in [-0.2, -0.15) is 9.41 Å². The fourth-order valence-electron chi connectivity index (χ4n) is 2.69. The Labute approximate surface area is 174 Å². The smallest absolute Gasteiger partial charge is 0.255 e. The van der Waals surface area contributed by atoms with Crippen LogP contribution in [-0.4, -0.2) is 38.5 Å². The standard InChI is InChI=1S/C21H21N3O5S/c1-28-20-12-6-5-8-17(20)14-22-23-21(25)16-24(15-18-9-7-13-29-18)30(26,27)19-10-3-2-4-11-19/h2-14H,15-16H2,1H3,(H,23,25)/b22-14-. The van der Waals surface area contributed by atoms with E-state index in [1.165, 1.54) is 31.7 Å². The second-order valence-corrected chi connectivity index (χ2v) is 8.14. The number of sulfonamides is 1. The maximum absolute atomic E-state index is 13.0. The zero-order chi connectivity index (χ0) is 21.4. The molecule has 3 rings (SSSR count). The molecular weight excluding hydrogens is 406 g/mol. The van der Waals surface area contributed by atoms with Crippen molar-refractivity contribution >= 4 is 22.1 Å². The fraction of sp³-hybridized carbons (Fsp3) is 0.143. The molecule has 1 N–H and O–H groups in total. The molecule has 0 radical (unpaired) electrons. The minimum Gasteiger partial charge on any atom is -0.496 e. The SMILES string of the molecule is COc1ccccc1/C=N\NC(=O)CN(Cc1ccco1)S(=O)(=O)c1ccccc1. The number of rotatable bonds is 9. The largest absolute Gasteiger partial charge is 0.496 e. The molecule has 1 aromatic heterocycles. The molecule has 0 bridgehead atoms. The zero-order valence-corrected chi connectivity index (χ0v) is 17.1. The monoisotopic (exact) mass is 427 g/mol. The Balaban J connectivity index is 1.74. The molecule has 156 valence electrons. The third-order valence-electron chi connectivity index (χ3n) is 4.15. The van der Waals surface area contributed by atoms with Gasteiger partial charge in [-0.1, -0.05) is 30.3 Å². The van der Waals surface area contributed by atoms with E-state index in [1.807, 2.05) is 12.1 Å². The molecule has 0 spiro atoms. The number of nitrogens with one attached hydrogen (secondary N) is 1. The van der Waals surface area contributed by atoms with Crippen LogP contribution in [0.1, 0.15) is 11.3 Å². The Morgan fingerprint density at radius 2 is 1.83 bits per heavy atom. The minimum absolute atomic E-state index is 0.0851. The Kier molecular flexibility index (Phi) is 6.99. The summed E-state index contributed by atoms with van der Waals surface area (Å²) >= 11 is 0. The normalized spacial score (nSPS) is 11.7. The third kappa shape index (κ3) is 5.34. The van der Waals surface area contributed by atoms with Crippen LogP contribution in [0.4, 0.5) is 0 Å². The highest BCUT2D eigenvalue weighted by atomic mass is 32.2. The summed E-state index contributed by atoms with van der Waals surface area (Å²) in [7, 11) is -2.39. The molecule has 0 aliphatic heterocycles. The quantitative estimate of drug-likeness (QED) is 0.418. The number of carbonyl (C=O) groups is 1. The number of carbonyl (C=O) groups excluding carboxylic acids is 1. The summed E-state index contributed by atoms with van der Waals surface area (Å²) in [6, 6.07) is 18.4. The highest BCUT2D eigenvalue weighted by Crippen LogP contribution is 2.18. The van der Waals surface area contributed by atoms with Crippen molar-refractivity contribution in [3.05, 3.63) is 84.3 Å². The van der Waals surface area contributed by atoms with E-state index in [-0.39, 0.29) is 11.4 Å². The summed E-state index contributed by atoms with van der Waals surface area (Å²) in [5, 5.41) is 3.91. The number of furan rings is 1. The number of methoxy groups -OCH3 is 1. The predicted octanol–water partition coefficient (Wildman–Crippen LogP) is 2.63. The summed E-state index contributed by atoms with van der Waals surface area (Å²) < 4.78 is 37.6. The van der Waals surface area contributed by atoms with Gasteiger partial charge in [0.1, 0.15) is 11.5 Å². The van der Waals surface area contributed by atoms with Gasteiger partial charge in [0.15, 0.2) is 0 Å². The molecule has 0 saturated carbocycles. The van der Waals surface area contributed by atoms with Crippen LogP contribution in [-0.2, 0) is 21.4 Å². The molecule has 3 aromatic rings.